The summed E-state index contributed by atoms with van der Waals surface area (Å²) < 4.78 is 5.10. The van der Waals surface area contributed by atoms with Crippen LogP contribution >= 0.6 is 0 Å². The first-order valence-corrected chi connectivity index (χ1v) is 7.09. The predicted molar refractivity (Wildman–Crippen MR) is 78.5 cm³/mol. The summed E-state index contributed by atoms with van der Waals surface area (Å²) in [7, 11) is 1.59. The summed E-state index contributed by atoms with van der Waals surface area (Å²) in [5, 5.41) is 18.5. The van der Waals surface area contributed by atoms with Crippen LogP contribution < -0.4 is 4.74 Å². The normalized spacial score (nSPS) is 18.4. The molecule has 0 amide bonds. The molecule has 2 N–H and O–H groups in total. The summed E-state index contributed by atoms with van der Waals surface area (Å²) in [5.74, 6) is -0.119. The Morgan fingerprint density at radius 2 is 1.86 bits per heavy atom. The maximum atomic E-state index is 11.6. The molecule has 0 bridgehead atoms. The number of methoxy groups -OCH3 is 1. The molecule has 1 atom stereocenters. The minimum absolute atomic E-state index is 0.140. The zero-order chi connectivity index (χ0) is 15.2. The lowest BCUT2D eigenvalue weighted by Crippen LogP contribution is -2.49. The Balaban J connectivity index is 2.07. The molecule has 2 rings (SSSR count). The third kappa shape index (κ3) is 3.93. The van der Waals surface area contributed by atoms with E-state index in [1.807, 2.05) is 4.90 Å². The van der Waals surface area contributed by atoms with Crippen molar-refractivity contribution in [2.75, 3.05) is 46.4 Å². The average molecular weight is 294 g/mol. The van der Waals surface area contributed by atoms with E-state index in [0.717, 1.165) is 24.4 Å². The number of rotatable bonds is 6. The maximum Gasteiger partial charge on any atom is 0.325 e. The van der Waals surface area contributed by atoms with Crippen LogP contribution in [0.25, 0.3) is 0 Å². The van der Waals surface area contributed by atoms with Gasteiger partial charge in [-0.25, -0.2) is 0 Å². The SMILES string of the molecule is COc1ccc(C(C(=O)O)N2CCN(CCO)CC2)cc1. The standard InChI is InChI=1S/C15H22N2O4/c1-21-13-4-2-12(3-5-13)14(15(19)20)17-8-6-16(7-9-17)10-11-18/h2-5,14,18H,6-11H2,1H3,(H,19,20). The Kier molecular flexibility index (Phi) is 5.55. The number of ether oxygens (including phenoxy) is 1. The van der Waals surface area contributed by atoms with E-state index < -0.39 is 12.0 Å². The number of carboxylic acid groups (broad SMARTS) is 1. The van der Waals surface area contributed by atoms with Gasteiger partial charge in [-0.05, 0) is 17.7 Å². The van der Waals surface area contributed by atoms with Crippen molar-refractivity contribution in [1.82, 2.24) is 9.80 Å². The summed E-state index contributed by atoms with van der Waals surface area (Å²) in [6, 6.07) is 6.54. The number of nitrogens with zero attached hydrogens (tertiary/aromatic N) is 2. The molecule has 1 saturated heterocycles. The van der Waals surface area contributed by atoms with Gasteiger partial charge in [-0.15, -0.1) is 0 Å². The van der Waals surface area contributed by atoms with Crippen LogP contribution in [0, 0.1) is 0 Å². The van der Waals surface area contributed by atoms with Crippen molar-refractivity contribution < 1.29 is 19.7 Å². The number of hydrogen-bond acceptors (Lipinski definition) is 5. The minimum atomic E-state index is -0.837. The molecule has 6 nitrogen and oxygen atoms in total. The summed E-state index contributed by atoms with van der Waals surface area (Å²) in [5.41, 5.74) is 0.763. The van der Waals surface area contributed by atoms with Gasteiger partial charge in [-0.2, -0.15) is 0 Å². The van der Waals surface area contributed by atoms with Crippen LogP contribution in [0.1, 0.15) is 11.6 Å². The zero-order valence-electron chi connectivity index (χ0n) is 12.2. The number of aliphatic carboxylic acids is 1. The highest BCUT2D eigenvalue weighted by molar-refractivity contribution is 5.75. The van der Waals surface area contributed by atoms with Crippen LogP contribution in [-0.4, -0.2) is 72.4 Å². The first-order valence-electron chi connectivity index (χ1n) is 7.09. The number of aliphatic hydroxyl groups excluding tert-OH is 1. The van der Waals surface area contributed by atoms with Gasteiger partial charge in [0, 0.05) is 32.7 Å². The van der Waals surface area contributed by atoms with Crippen LogP contribution in [0.5, 0.6) is 5.75 Å². The van der Waals surface area contributed by atoms with Crippen molar-refractivity contribution in [3.05, 3.63) is 29.8 Å². The van der Waals surface area contributed by atoms with Gasteiger partial charge in [-0.3, -0.25) is 14.6 Å². The van der Waals surface area contributed by atoms with E-state index in [1.54, 1.807) is 31.4 Å². The van der Waals surface area contributed by atoms with Crippen molar-refractivity contribution >= 4 is 5.97 Å². The fourth-order valence-corrected chi connectivity index (χ4v) is 2.68. The van der Waals surface area contributed by atoms with E-state index in [-0.39, 0.29) is 6.61 Å². The first-order chi connectivity index (χ1) is 10.2. The highest BCUT2D eigenvalue weighted by Gasteiger charge is 2.30. The predicted octanol–water partition coefficient (Wildman–Crippen LogP) is 0.431. The molecular formula is C15H22N2O4. The topological polar surface area (TPSA) is 73.2 Å². The van der Waals surface area contributed by atoms with Gasteiger partial charge in [0.15, 0.2) is 0 Å². The molecule has 1 fully saturated rings. The van der Waals surface area contributed by atoms with Gasteiger partial charge >= 0.3 is 5.97 Å². The molecule has 0 aliphatic carbocycles. The Labute approximate surface area is 124 Å². The van der Waals surface area contributed by atoms with Crippen molar-refractivity contribution in [3.8, 4) is 5.75 Å². The highest BCUT2D eigenvalue weighted by atomic mass is 16.5. The van der Waals surface area contributed by atoms with Crippen molar-refractivity contribution in [1.29, 1.82) is 0 Å². The largest absolute Gasteiger partial charge is 0.497 e. The smallest absolute Gasteiger partial charge is 0.325 e. The lowest BCUT2D eigenvalue weighted by Gasteiger charge is -2.37. The summed E-state index contributed by atoms with van der Waals surface area (Å²) in [6.07, 6.45) is 0. The quantitative estimate of drug-likeness (QED) is 0.793. The van der Waals surface area contributed by atoms with Gasteiger partial charge < -0.3 is 14.9 Å². The Bertz CT molecular complexity index is 455. The highest BCUT2D eigenvalue weighted by Crippen LogP contribution is 2.24. The monoisotopic (exact) mass is 294 g/mol. The van der Waals surface area contributed by atoms with Gasteiger partial charge in [0.2, 0.25) is 0 Å². The van der Waals surface area contributed by atoms with Gasteiger partial charge in [-0.1, -0.05) is 12.1 Å². The number of carboxylic acids is 1. The number of benzene rings is 1. The van der Waals surface area contributed by atoms with Crippen molar-refractivity contribution in [2.45, 2.75) is 6.04 Å². The number of β-amino-alcohol motifs (C(OH)–C–C–N with tert-alkyl or cyclic N) is 1. The van der Waals surface area contributed by atoms with Crippen LogP contribution in [0.4, 0.5) is 0 Å². The van der Waals surface area contributed by atoms with Crippen LogP contribution in [-0.2, 0) is 4.79 Å². The number of hydrogen-bond donors (Lipinski definition) is 2. The summed E-state index contributed by atoms with van der Waals surface area (Å²) in [6.45, 7) is 3.71. The molecule has 1 aromatic rings. The molecule has 0 saturated carbocycles. The Hall–Kier alpha value is -1.63. The molecule has 0 radical (unpaired) electrons. The second kappa shape index (κ2) is 7.40. The van der Waals surface area contributed by atoms with Crippen LogP contribution in [0.2, 0.25) is 0 Å². The molecule has 0 spiro atoms. The van der Waals surface area contributed by atoms with Gasteiger partial charge in [0.25, 0.3) is 0 Å². The lowest BCUT2D eigenvalue weighted by atomic mass is 10.0. The molecule has 1 aliphatic heterocycles. The zero-order valence-corrected chi connectivity index (χ0v) is 12.2. The first kappa shape index (κ1) is 15.8. The average Bonchev–Trinajstić information content (AvgIpc) is 2.50. The molecule has 6 heteroatoms. The van der Waals surface area contributed by atoms with E-state index in [9.17, 15) is 9.90 Å². The van der Waals surface area contributed by atoms with Crippen LogP contribution in [0.15, 0.2) is 24.3 Å². The van der Waals surface area contributed by atoms with Gasteiger partial charge in [0.05, 0.1) is 13.7 Å². The van der Waals surface area contributed by atoms with E-state index in [1.165, 1.54) is 0 Å². The van der Waals surface area contributed by atoms with Gasteiger partial charge in [0.1, 0.15) is 11.8 Å². The molecule has 1 aromatic carbocycles. The van der Waals surface area contributed by atoms with E-state index in [4.69, 9.17) is 9.84 Å². The summed E-state index contributed by atoms with van der Waals surface area (Å²) >= 11 is 0. The Morgan fingerprint density at radius 1 is 1.24 bits per heavy atom. The lowest BCUT2D eigenvalue weighted by molar-refractivity contribution is -0.144. The van der Waals surface area contributed by atoms with E-state index in [2.05, 4.69) is 4.90 Å². The third-order valence-corrected chi connectivity index (χ3v) is 3.85. The fourth-order valence-electron chi connectivity index (χ4n) is 2.68. The summed E-state index contributed by atoms with van der Waals surface area (Å²) in [4.78, 5) is 15.7. The molecular weight excluding hydrogens is 272 g/mol. The minimum Gasteiger partial charge on any atom is -0.497 e. The Morgan fingerprint density at radius 3 is 2.33 bits per heavy atom. The second-order valence-corrected chi connectivity index (χ2v) is 5.12. The van der Waals surface area contributed by atoms with Crippen molar-refractivity contribution in [2.24, 2.45) is 0 Å². The van der Waals surface area contributed by atoms with E-state index >= 15 is 0 Å². The molecule has 1 unspecified atom stereocenters. The van der Waals surface area contributed by atoms with E-state index in [0.29, 0.717) is 19.6 Å². The van der Waals surface area contributed by atoms with Crippen LogP contribution in [0.3, 0.4) is 0 Å². The number of piperazine rings is 1. The molecule has 1 heterocycles. The number of aliphatic hydroxyl groups is 1. The molecule has 116 valence electrons. The molecule has 0 aromatic heterocycles. The number of carbonyl (C=O) groups is 1. The molecule has 21 heavy (non-hydrogen) atoms. The second-order valence-electron chi connectivity index (χ2n) is 5.12. The maximum absolute atomic E-state index is 11.6. The third-order valence-electron chi connectivity index (χ3n) is 3.85. The van der Waals surface area contributed by atoms with Crippen molar-refractivity contribution in [3.63, 3.8) is 0 Å². The fraction of sp³-hybridized carbons (Fsp3) is 0.533. The molecule has 1 aliphatic rings.